The third-order valence-corrected chi connectivity index (χ3v) is 5.54. The minimum Gasteiger partial charge on any atom is -0.333 e. The highest BCUT2D eigenvalue weighted by molar-refractivity contribution is 7.91. The zero-order valence-corrected chi connectivity index (χ0v) is 13.1. The van der Waals surface area contributed by atoms with Gasteiger partial charge in [-0.25, -0.2) is 8.42 Å². The molecule has 0 bridgehead atoms. The predicted octanol–water partition coefficient (Wildman–Crippen LogP) is 2.09. The van der Waals surface area contributed by atoms with Crippen molar-refractivity contribution < 1.29 is 13.2 Å². The number of hydrogen-bond donors (Lipinski definition) is 0. The van der Waals surface area contributed by atoms with E-state index < -0.39 is 9.84 Å². The van der Waals surface area contributed by atoms with Crippen LogP contribution >= 0.6 is 23.2 Å². The molecule has 1 unspecified atom stereocenters. The van der Waals surface area contributed by atoms with Crippen LogP contribution in [0.2, 0.25) is 5.02 Å². The second kappa shape index (κ2) is 6.33. The van der Waals surface area contributed by atoms with Gasteiger partial charge in [-0.2, -0.15) is 0 Å². The second-order valence-electron chi connectivity index (χ2n) is 4.84. The Kier molecular flexibility index (Phi) is 4.94. The van der Waals surface area contributed by atoms with Crippen molar-refractivity contribution in [2.45, 2.75) is 19.0 Å². The summed E-state index contributed by atoms with van der Waals surface area (Å²) in [5.41, 5.74) is 0.861. The van der Waals surface area contributed by atoms with Crippen LogP contribution in [-0.2, 0) is 21.2 Å². The van der Waals surface area contributed by atoms with Crippen molar-refractivity contribution in [1.82, 2.24) is 4.90 Å². The van der Waals surface area contributed by atoms with Gasteiger partial charge in [-0.1, -0.05) is 23.7 Å². The fraction of sp³-hybridized carbons (Fsp3) is 0.462. The molecule has 1 aromatic carbocycles. The molecular weight excluding hydrogens is 321 g/mol. The van der Waals surface area contributed by atoms with E-state index in [1.54, 1.807) is 23.1 Å². The SMILES string of the molecule is O=C(CCl)N(Cc1cccc(Cl)c1)C1CCS(=O)(=O)C1. The lowest BCUT2D eigenvalue weighted by atomic mass is 10.1. The molecule has 7 heteroatoms. The summed E-state index contributed by atoms with van der Waals surface area (Å²) in [5.74, 6) is -0.277. The number of sulfone groups is 1. The third-order valence-electron chi connectivity index (χ3n) is 3.33. The van der Waals surface area contributed by atoms with E-state index in [0.29, 0.717) is 18.0 Å². The Morgan fingerprint density at radius 2 is 2.15 bits per heavy atom. The van der Waals surface area contributed by atoms with Crippen LogP contribution in [0, 0.1) is 0 Å². The Balaban J connectivity index is 2.18. The van der Waals surface area contributed by atoms with Gasteiger partial charge in [0.05, 0.1) is 11.5 Å². The van der Waals surface area contributed by atoms with E-state index in [4.69, 9.17) is 23.2 Å². The quantitative estimate of drug-likeness (QED) is 0.791. The molecule has 1 aliphatic heterocycles. The van der Waals surface area contributed by atoms with Crippen LogP contribution in [0.5, 0.6) is 0 Å². The topological polar surface area (TPSA) is 54.5 Å². The van der Waals surface area contributed by atoms with Gasteiger partial charge in [0.1, 0.15) is 5.88 Å². The molecule has 110 valence electrons. The predicted molar refractivity (Wildman–Crippen MR) is 79.8 cm³/mol. The molecule has 1 saturated heterocycles. The smallest absolute Gasteiger partial charge is 0.238 e. The van der Waals surface area contributed by atoms with Crippen molar-refractivity contribution >= 4 is 38.9 Å². The number of carbonyl (C=O) groups excluding carboxylic acids is 1. The van der Waals surface area contributed by atoms with Gasteiger partial charge in [-0.05, 0) is 24.1 Å². The molecule has 1 amide bonds. The molecule has 1 aliphatic rings. The fourth-order valence-corrected chi connectivity index (χ4v) is 4.45. The lowest BCUT2D eigenvalue weighted by Gasteiger charge is -2.27. The first-order valence-electron chi connectivity index (χ1n) is 6.21. The Morgan fingerprint density at radius 1 is 1.40 bits per heavy atom. The Morgan fingerprint density at radius 3 is 2.70 bits per heavy atom. The minimum absolute atomic E-state index is 0.0101. The molecule has 0 spiro atoms. The first-order valence-corrected chi connectivity index (χ1v) is 8.95. The van der Waals surface area contributed by atoms with Crippen LogP contribution in [0.1, 0.15) is 12.0 Å². The van der Waals surface area contributed by atoms with Gasteiger partial charge in [-0.15, -0.1) is 11.6 Å². The van der Waals surface area contributed by atoms with Crippen molar-refractivity contribution in [2.24, 2.45) is 0 Å². The monoisotopic (exact) mass is 335 g/mol. The average Bonchev–Trinajstić information content (AvgIpc) is 2.75. The number of benzene rings is 1. The summed E-state index contributed by atoms with van der Waals surface area (Å²) in [6.45, 7) is 0.326. The highest BCUT2D eigenvalue weighted by Crippen LogP contribution is 2.21. The first-order chi connectivity index (χ1) is 9.41. The highest BCUT2D eigenvalue weighted by Gasteiger charge is 2.34. The van der Waals surface area contributed by atoms with Gasteiger partial charge in [0, 0.05) is 17.6 Å². The van der Waals surface area contributed by atoms with Crippen molar-refractivity contribution in [3.05, 3.63) is 34.9 Å². The minimum atomic E-state index is -3.05. The van der Waals surface area contributed by atoms with Crippen LogP contribution in [0.3, 0.4) is 0 Å². The number of hydrogen-bond acceptors (Lipinski definition) is 3. The molecule has 0 N–H and O–H groups in total. The highest BCUT2D eigenvalue weighted by atomic mass is 35.5. The summed E-state index contributed by atoms with van der Waals surface area (Å²) in [6.07, 6.45) is 0.464. The fourth-order valence-electron chi connectivity index (χ4n) is 2.35. The molecule has 0 radical (unpaired) electrons. The zero-order chi connectivity index (χ0) is 14.8. The standard InChI is InChI=1S/C13H15Cl2NO3S/c14-7-13(17)16(12-4-5-20(18,19)9-12)8-10-2-1-3-11(15)6-10/h1-3,6,12H,4-5,7-9H2. The van der Waals surface area contributed by atoms with E-state index in [-0.39, 0.29) is 29.3 Å². The number of carbonyl (C=O) groups is 1. The molecule has 4 nitrogen and oxygen atoms in total. The molecule has 2 rings (SSSR count). The molecule has 1 fully saturated rings. The van der Waals surface area contributed by atoms with Crippen LogP contribution in [0.25, 0.3) is 0 Å². The maximum atomic E-state index is 12.0. The van der Waals surface area contributed by atoms with Gasteiger partial charge in [0.15, 0.2) is 9.84 Å². The molecule has 1 aromatic rings. The van der Waals surface area contributed by atoms with Gasteiger partial charge < -0.3 is 4.90 Å². The van der Waals surface area contributed by atoms with Gasteiger partial charge in [-0.3, -0.25) is 4.79 Å². The maximum Gasteiger partial charge on any atom is 0.238 e. The lowest BCUT2D eigenvalue weighted by molar-refractivity contribution is -0.131. The van der Waals surface area contributed by atoms with E-state index in [9.17, 15) is 13.2 Å². The van der Waals surface area contributed by atoms with E-state index in [1.165, 1.54) is 0 Å². The van der Waals surface area contributed by atoms with E-state index in [1.807, 2.05) is 6.07 Å². The molecule has 0 saturated carbocycles. The van der Waals surface area contributed by atoms with E-state index >= 15 is 0 Å². The molecule has 0 aliphatic carbocycles. The molecule has 0 aromatic heterocycles. The van der Waals surface area contributed by atoms with Crippen molar-refractivity contribution in [3.8, 4) is 0 Å². The second-order valence-corrected chi connectivity index (χ2v) is 7.77. The number of alkyl halides is 1. The van der Waals surface area contributed by atoms with Gasteiger partial charge in [0.2, 0.25) is 5.91 Å². The summed E-state index contributed by atoms with van der Waals surface area (Å²) < 4.78 is 23.1. The maximum absolute atomic E-state index is 12.0. The lowest BCUT2D eigenvalue weighted by Crippen LogP contribution is -2.41. The number of nitrogens with zero attached hydrogens (tertiary/aromatic N) is 1. The van der Waals surface area contributed by atoms with Crippen molar-refractivity contribution in [2.75, 3.05) is 17.4 Å². The molecule has 1 atom stereocenters. The van der Waals surface area contributed by atoms with Crippen LogP contribution < -0.4 is 0 Å². The van der Waals surface area contributed by atoms with E-state index in [0.717, 1.165) is 5.56 Å². The number of rotatable bonds is 4. The third kappa shape index (κ3) is 3.87. The largest absolute Gasteiger partial charge is 0.333 e. The van der Waals surface area contributed by atoms with Crippen molar-refractivity contribution in [3.63, 3.8) is 0 Å². The zero-order valence-electron chi connectivity index (χ0n) is 10.8. The van der Waals surface area contributed by atoms with Crippen LogP contribution in [0.4, 0.5) is 0 Å². The normalized spacial score (nSPS) is 20.8. The number of halogens is 2. The number of amides is 1. The van der Waals surface area contributed by atoms with Gasteiger partial charge in [0.25, 0.3) is 0 Å². The summed E-state index contributed by atoms with van der Waals surface area (Å²) in [6, 6.07) is 6.86. The molecule has 1 heterocycles. The Hall–Kier alpha value is -0.780. The van der Waals surface area contributed by atoms with Gasteiger partial charge >= 0.3 is 0 Å². The van der Waals surface area contributed by atoms with Crippen molar-refractivity contribution in [1.29, 1.82) is 0 Å². The summed E-state index contributed by atoms with van der Waals surface area (Å²) >= 11 is 11.5. The molecule has 20 heavy (non-hydrogen) atoms. The summed E-state index contributed by atoms with van der Waals surface area (Å²) in [7, 11) is -3.05. The van der Waals surface area contributed by atoms with Crippen LogP contribution in [0.15, 0.2) is 24.3 Å². The average molecular weight is 336 g/mol. The van der Waals surface area contributed by atoms with E-state index in [2.05, 4.69) is 0 Å². The Labute approximate surface area is 128 Å². The van der Waals surface area contributed by atoms with Crippen LogP contribution in [-0.4, -0.2) is 42.7 Å². The Bertz CT molecular complexity index is 603. The molecular formula is C13H15Cl2NO3S. The summed E-state index contributed by atoms with van der Waals surface area (Å²) in [4.78, 5) is 13.5. The first kappa shape index (κ1) is 15.6. The summed E-state index contributed by atoms with van der Waals surface area (Å²) in [5, 5.41) is 0.583.